The third kappa shape index (κ3) is 2.46. The van der Waals surface area contributed by atoms with E-state index in [4.69, 9.17) is 5.11 Å². The highest BCUT2D eigenvalue weighted by atomic mass is 32.2. The Balaban J connectivity index is 2.18. The average molecular weight is 272 g/mol. The van der Waals surface area contributed by atoms with E-state index in [9.17, 15) is 8.42 Å². The molecule has 1 saturated carbocycles. The Morgan fingerprint density at radius 3 is 2.61 bits per heavy atom. The molecule has 0 bridgehead atoms. The van der Waals surface area contributed by atoms with Crippen LogP contribution in [0.3, 0.4) is 0 Å². The van der Waals surface area contributed by atoms with Crippen molar-refractivity contribution in [2.45, 2.75) is 24.8 Å². The molecule has 1 aliphatic rings. The average Bonchev–Trinajstić information content (AvgIpc) is 2.85. The number of rotatable bonds is 5. The number of aliphatic hydroxyl groups is 1. The highest BCUT2D eigenvalue weighted by Gasteiger charge is 2.36. The molecule has 1 aromatic rings. The van der Waals surface area contributed by atoms with Crippen molar-refractivity contribution in [2.75, 3.05) is 13.6 Å². The van der Waals surface area contributed by atoms with Crippen LogP contribution in [0.15, 0.2) is 17.2 Å². The second kappa shape index (κ2) is 4.68. The lowest BCUT2D eigenvalue weighted by molar-refractivity contribution is 0.272. The third-order valence-corrected chi connectivity index (χ3v) is 5.51. The number of sulfonamides is 1. The molecule has 0 aliphatic heterocycles. The van der Waals surface area contributed by atoms with Gasteiger partial charge in [0.15, 0.2) is 0 Å². The Hall–Kier alpha value is -0.850. The summed E-state index contributed by atoms with van der Waals surface area (Å²) in [5.41, 5.74) is 0.599. The lowest BCUT2D eigenvalue weighted by atomic mass is 10.3. The van der Waals surface area contributed by atoms with Gasteiger partial charge in [-0.25, -0.2) is 12.7 Å². The fourth-order valence-corrected chi connectivity index (χ4v) is 3.46. The standard InChI is InChI=1S/C12H20N2O3S/c1-9-4-10(9)6-14(3)18(16,17)12-5-11(8-15)13(2)7-12/h5,7,9-10,15H,4,6,8H2,1-3H3. The van der Waals surface area contributed by atoms with Gasteiger partial charge in [-0.3, -0.25) is 0 Å². The lowest BCUT2D eigenvalue weighted by Gasteiger charge is -2.15. The number of aryl methyl sites for hydroxylation is 1. The van der Waals surface area contributed by atoms with Gasteiger partial charge in [0.05, 0.1) is 6.61 Å². The molecule has 1 aliphatic carbocycles. The van der Waals surface area contributed by atoms with Crippen molar-refractivity contribution < 1.29 is 13.5 Å². The molecule has 0 radical (unpaired) electrons. The topological polar surface area (TPSA) is 62.5 Å². The van der Waals surface area contributed by atoms with Crippen LogP contribution in [0.1, 0.15) is 19.0 Å². The highest BCUT2D eigenvalue weighted by Crippen LogP contribution is 2.38. The molecule has 0 aromatic carbocycles. The van der Waals surface area contributed by atoms with Gasteiger partial charge in [-0.05, 0) is 24.3 Å². The Morgan fingerprint density at radius 1 is 1.56 bits per heavy atom. The molecule has 102 valence electrons. The largest absolute Gasteiger partial charge is 0.390 e. The minimum atomic E-state index is -3.43. The maximum Gasteiger partial charge on any atom is 0.244 e. The molecule has 0 saturated heterocycles. The summed E-state index contributed by atoms with van der Waals surface area (Å²) in [7, 11) is -0.0811. The summed E-state index contributed by atoms with van der Waals surface area (Å²) < 4.78 is 27.7. The maximum absolute atomic E-state index is 12.3. The van der Waals surface area contributed by atoms with E-state index in [1.54, 1.807) is 24.9 Å². The smallest absolute Gasteiger partial charge is 0.244 e. The molecule has 1 N–H and O–H groups in total. The van der Waals surface area contributed by atoms with E-state index in [0.29, 0.717) is 24.1 Å². The molecule has 2 rings (SSSR count). The van der Waals surface area contributed by atoms with Crippen molar-refractivity contribution in [1.29, 1.82) is 0 Å². The third-order valence-electron chi connectivity index (χ3n) is 3.72. The number of aliphatic hydroxyl groups excluding tert-OH is 1. The first-order valence-corrected chi connectivity index (χ1v) is 7.52. The SMILES string of the molecule is CC1CC1CN(C)S(=O)(=O)c1cc(CO)n(C)c1. The number of aromatic nitrogens is 1. The molecule has 18 heavy (non-hydrogen) atoms. The van der Waals surface area contributed by atoms with Crippen LogP contribution >= 0.6 is 0 Å². The van der Waals surface area contributed by atoms with E-state index in [2.05, 4.69) is 6.92 Å². The lowest BCUT2D eigenvalue weighted by Crippen LogP contribution is -2.29. The van der Waals surface area contributed by atoms with Crippen LogP contribution in [-0.2, 0) is 23.7 Å². The molecular weight excluding hydrogens is 252 g/mol. The Kier molecular flexibility index (Phi) is 3.53. The summed E-state index contributed by atoms with van der Waals surface area (Å²) in [4.78, 5) is 0.254. The minimum absolute atomic E-state index is 0.157. The Morgan fingerprint density at radius 2 is 2.17 bits per heavy atom. The number of nitrogens with zero attached hydrogens (tertiary/aromatic N) is 2. The minimum Gasteiger partial charge on any atom is -0.390 e. The van der Waals surface area contributed by atoms with Gasteiger partial charge in [0.1, 0.15) is 4.90 Å². The van der Waals surface area contributed by atoms with Gasteiger partial charge in [0.25, 0.3) is 0 Å². The van der Waals surface area contributed by atoms with Gasteiger partial charge in [0, 0.05) is 32.5 Å². The monoisotopic (exact) mass is 272 g/mol. The zero-order valence-corrected chi connectivity index (χ0v) is 11.8. The van der Waals surface area contributed by atoms with Crippen LogP contribution in [0, 0.1) is 11.8 Å². The molecule has 2 unspecified atom stereocenters. The molecular formula is C12H20N2O3S. The first kappa shape index (κ1) is 13.6. The molecule has 1 heterocycles. The van der Waals surface area contributed by atoms with Gasteiger partial charge in [-0.15, -0.1) is 0 Å². The summed E-state index contributed by atoms with van der Waals surface area (Å²) in [6.07, 6.45) is 2.66. The van der Waals surface area contributed by atoms with Crippen LogP contribution in [0.2, 0.25) is 0 Å². The molecule has 0 amide bonds. The molecule has 5 nitrogen and oxygen atoms in total. The van der Waals surface area contributed by atoms with E-state index in [0.717, 1.165) is 6.42 Å². The van der Waals surface area contributed by atoms with Gasteiger partial charge in [-0.2, -0.15) is 0 Å². The number of hydrogen-bond donors (Lipinski definition) is 1. The zero-order valence-electron chi connectivity index (χ0n) is 11.0. The van der Waals surface area contributed by atoms with Crippen LogP contribution in [0.25, 0.3) is 0 Å². The van der Waals surface area contributed by atoms with E-state index < -0.39 is 10.0 Å². The Labute approximate surface area is 108 Å². The van der Waals surface area contributed by atoms with Crippen LogP contribution < -0.4 is 0 Å². The summed E-state index contributed by atoms with van der Waals surface area (Å²) in [6, 6.07) is 1.53. The van der Waals surface area contributed by atoms with Crippen molar-refractivity contribution in [2.24, 2.45) is 18.9 Å². The normalized spacial score (nSPS) is 23.6. The van der Waals surface area contributed by atoms with E-state index in [1.165, 1.54) is 10.4 Å². The van der Waals surface area contributed by atoms with Crippen molar-refractivity contribution in [3.05, 3.63) is 18.0 Å². The second-order valence-electron chi connectivity index (χ2n) is 5.19. The summed E-state index contributed by atoms with van der Waals surface area (Å²) in [5, 5.41) is 9.10. The summed E-state index contributed by atoms with van der Waals surface area (Å²) in [5.74, 6) is 1.12. The molecule has 0 spiro atoms. The van der Waals surface area contributed by atoms with Crippen molar-refractivity contribution in [3.8, 4) is 0 Å². The molecule has 1 aromatic heterocycles. The van der Waals surface area contributed by atoms with Gasteiger partial charge >= 0.3 is 0 Å². The fraction of sp³-hybridized carbons (Fsp3) is 0.667. The fourth-order valence-electron chi connectivity index (χ4n) is 2.14. The quantitative estimate of drug-likeness (QED) is 0.862. The van der Waals surface area contributed by atoms with E-state index in [1.807, 2.05) is 0 Å². The molecule has 1 fully saturated rings. The second-order valence-corrected chi connectivity index (χ2v) is 7.24. The van der Waals surface area contributed by atoms with E-state index >= 15 is 0 Å². The highest BCUT2D eigenvalue weighted by molar-refractivity contribution is 7.89. The summed E-state index contributed by atoms with van der Waals surface area (Å²) >= 11 is 0. The Bertz CT molecular complexity index is 536. The van der Waals surface area contributed by atoms with E-state index in [-0.39, 0.29) is 11.5 Å². The predicted octanol–water partition coefficient (Wildman–Crippen LogP) is 0.794. The first-order chi connectivity index (χ1) is 8.36. The summed E-state index contributed by atoms with van der Waals surface area (Å²) in [6.45, 7) is 2.56. The van der Waals surface area contributed by atoms with Gasteiger partial charge in [0.2, 0.25) is 10.0 Å². The van der Waals surface area contributed by atoms with Crippen LogP contribution in [0.5, 0.6) is 0 Å². The van der Waals surface area contributed by atoms with Crippen molar-refractivity contribution >= 4 is 10.0 Å². The molecule has 2 atom stereocenters. The first-order valence-electron chi connectivity index (χ1n) is 6.08. The van der Waals surface area contributed by atoms with Crippen LogP contribution in [0.4, 0.5) is 0 Å². The molecule has 6 heteroatoms. The maximum atomic E-state index is 12.3. The van der Waals surface area contributed by atoms with Crippen molar-refractivity contribution in [3.63, 3.8) is 0 Å². The van der Waals surface area contributed by atoms with Gasteiger partial charge < -0.3 is 9.67 Å². The van der Waals surface area contributed by atoms with Crippen LogP contribution in [-0.4, -0.2) is 36.0 Å². The predicted molar refractivity (Wildman–Crippen MR) is 68.4 cm³/mol. The van der Waals surface area contributed by atoms with Gasteiger partial charge in [-0.1, -0.05) is 6.92 Å². The zero-order chi connectivity index (χ0) is 13.5. The number of hydrogen-bond acceptors (Lipinski definition) is 3. The van der Waals surface area contributed by atoms with Crippen molar-refractivity contribution in [1.82, 2.24) is 8.87 Å².